The number of pyridine rings is 1. The van der Waals surface area contributed by atoms with Crippen molar-refractivity contribution in [3.63, 3.8) is 0 Å². The van der Waals surface area contributed by atoms with Crippen LogP contribution in [-0.2, 0) is 22.4 Å². The van der Waals surface area contributed by atoms with Crippen LogP contribution in [0.2, 0.25) is 0 Å². The maximum atomic E-state index is 12.5. The third-order valence-corrected chi connectivity index (χ3v) is 6.12. The Labute approximate surface area is 152 Å². The van der Waals surface area contributed by atoms with Crippen LogP contribution in [0.4, 0.5) is 0 Å². The minimum absolute atomic E-state index is 0.198. The molecule has 132 valence electrons. The minimum Gasteiger partial charge on any atom is -0.378 e. The second kappa shape index (κ2) is 7.34. The lowest BCUT2D eigenvalue weighted by molar-refractivity contribution is -0.132. The molecule has 0 spiro atoms. The molecule has 1 saturated heterocycles. The van der Waals surface area contributed by atoms with Crippen molar-refractivity contribution in [1.29, 1.82) is 0 Å². The molecule has 0 bridgehead atoms. The van der Waals surface area contributed by atoms with Gasteiger partial charge in [-0.1, -0.05) is 23.9 Å². The number of hydrogen-bond acceptors (Lipinski definition) is 4. The number of carbonyl (C=O) groups is 1. The first kappa shape index (κ1) is 16.9. The first-order valence-corrected chi connectivity index (χ1v) is 10.1. The number of aromatic nitrogens is 1. The molecule has 1 aliphatic heterocycles. The van der Waals surface area contributed by atoms with Gasteiger partial charge >= 0.3 is 0 Å². The summed E-state index contributed by atoms with van der Waals surface area (Å²) in [5.41, 5.74) is 5.14. The van der Waals surface area contributed by atoms with Gasteiger partial charge in [-0.05, 0) is 55.4 Å². The molecule has 0 N–H and O–H groups in total. The van der Waals surface area contributed by atoms with Crippen LogP contribution in [0.15, 0.2) is 23.2 Å². The molecular formula is C20H24N2O2S. The molecule has 25 heavy (non-hydrogen) atoms. The molecule has 0 saturated carbocycles. The second-order valence-corrected chi connectivity index (χ2v) is 7.85. The van der Waals surface area contributed by atoms with Crippen molar-refractivity contribution in [1.82, 2.24) is 9.88 Å². The van der Waals surface area contributed by atoms with Crippen molar-refractivity contribution in [2.24, 2.45) is 0 Å². The van der Waals surface area contributed by atoms with E-state index in [-0.39, 0.29) is 5.91 Å². The first-order chi connectivity index (χ1) is 12.2. The largest absolute Gasteiger partial charge is 0.378 e. The molecule has 0 unspecified atom stereocenters. The molecule has 4 nitrogen and oxygen atoms in total. The van der Waals surface area contributed by atoms with E-state index in [4.69, 9.17) is 9.72 Å². The predicted octanol–water partition coefficient (Wildman–Crippen LogP) is 3.37. The van der Waals surface area contributed by atoms with Gasteiger partial charge in [-0.25, -0.2) is 4.98 Å². The highest BCUT2D eigenvalue weighted by Crippen LogP contribution is 2.35. The van der Waals surface area contributed by atoms with Crippen LogP contribution in [0.5, 0.6) is 0 Å². The quantitative estimate of drug-likeness (QED) is 0.791. The van der Waals surface area contributed by atoms with E-state index in [9.17, 15) is 4.79 Å². The lowest BCUT2D eigenvalue weighted by Crippen LogP contribution is -2.41. The van der Waals surface area contributed by atoms with Gasteiger partial charge in [0.05, 0.1) is 24.5 Å². The Kier molecular flexibility index (Phi) is 4.95. The van der Waals surface area contributed by atoms with E-state index < -0.39 is 0 Å². The summed E-state index contributed by atoms with van der Waals surface area (Å²) < 4.78 is 5.33. The lowest BCUT2D eigenvalue weighted by Gasteiger charge is -2.27. The zero-order valence-electron chi connectivity index (χ0n) is 14.7. The summed E-state index contributed by atoms with van der Waals surface area (Å²) in [6.07, 6.45) is 4.68. The Morgan fingerprint density at radius 1 is 1.20 bits per heavy atom. The molecule has 2 heterocycles. The number of amides is 1. The molecule has 1 fully saturated rings. The average Bonchev–Trinajstić information content (AvgIpc) is 2.66. The molecule has 1 aliphatic carbocycles. The fourth-order valence-electron chi connectivity index (χ4n) is 3.76. The molecule has 0 radical (unpaired) electrons. The van der Waals surface area contributed by atoms with Gasteiger partial charge in [0.25, 0.3) is 0 Å². The highest BCUT2D eigenvalue weighted by molar-refractivity contribution is 7.99. The van der Waals surface area contributed by atoms with Crippen LogP contribution < -0.4 is 0 Å². The summed E-state index contributed by atoms with van der Waals surface area (Å²) in [4.78, 5) is 19.3. The van der Waals surface area contributed by atoms with Crippen molar-refractivity contribution >= 4 is 28.6 Å². The lowest BCUT2D eigenvalue weighted by atomic mass is 9.90. The normalized spacial score (nSPS) is 17.6. The highest BCUT2D eigenvalue weighted by atomic mass is 32.2. The van der Waals surface area contributed by atoms with Gasteiger partial charge in [0.1, 0.15) is 5.03 Å². The zero-order chi connectivity index (χ0) is 17.2. The number of fused-ring (bicyclic) bond motifs is 3. The molecule has 1 amide bonds. The van der Waals surface area contributed by atoms with Gasteiger partial charge in [0.15, 0.2) is 0 Å². The fraction of sp³-hybridized carbons (Fsp3) is 0.500. The fourth-order valence-corrected chi connectivity index (χ4v) is 4.76. The van der Waals surface area contributed by atoms with Crippen molar-refractivity contribution < 1.29 is 9.53 Å². The number of morpholine rings is 1. The summed E-state index contributed by atoms with van der Waals surface area (Å²) in [5.74, 6) is 0.667. The van der Waals surface area contributed by atoms with E-state index in [0.717, 1.165) is 23.4 Å². The monoisotopic (exact) mass is 356 g/mol. The van der Waals surface area contributed by atoms with Gasteiger partial charge in [-0.2, -0.15) is 0 Å². The number of aryl methyl sites for hydroxylation is 2. The van der Waals surface area contributed by atoms with E-state index in [2.05, 4.69) is 25.1 Å². The molecular weight excluding hydrogens is 332 g/mol. The van der Waals surface area contributed by atoms with E-state index in [1.54, 1.807) is 11.8 Å². The third kappa shape index (κ3) is 3.53. The van der Waals surface area contributed by atoms with Crippen molar-refractivity contribution in [3.05, 3.63) is 34.9 Å². The predicted molar refractivity (Wildman–Crippen MR) is 101 cm³/mol. The molecule has 1 aromatic heterocycles. The molecule has 0 atom stereocenters. The Morgan fingerprint density at radius 2 is 1.96 bits per heavy atom. The highest BCUT2D eigenvalue weighted by Gasteiger charge is 2.21. The van der Waals surface area contributed by atoms with Crippen LogP contribution in [0.25, 0.3) is 10.9 Å². The zero-order valence-corrected chi connectivity index (χ0v) is 15.5. The second-order valence-electron chi connectivity index (χ2n) is 6.88. The third-order valence-electron chi connectivity index (χ3n) is 5.12. The summed E-state index contributed by atoms with van der Waals surface area (Å²) in [5, 5.41) is 2.36. The van der Waals surface area contributed by atoms with E-state index >= 15 is 0 Å². The number of nitrogens with zero attached hydrogens (tertiary/aromatic N) is 2. The molecule has 1 aromatic carbocycles. The summed E-state index contributed by atoms with van der Waals surface area (Å²) >= 11 is 1.61. The van der Waals surface area contributed by atoms with Crippen molar-refractivity contribution in [2.45, 2.75) is 37.6 Å². The molecule has 2 aliphatic rings. The Balaban J connectivity index is 1.61. The van der Waals surface area contributed by atoms with E-state index in [1.807, 2.05) is 4.90 Å². The maximum absolute atomic E-state index is 12.5. The number of ether oxygens (including phenoxy) is 1. The van der Waals surface area contributed by atoms with Crippen molar-refractivity contribution in [2.75, 3.05) is 32.1 Å². The van der Waals surface area contributed by atoms with Crippen LogP contribution in [0.3, 0.4) is 0 Å². The Hall–Kier alpha value is -1.59. The standard InChI is InChI=1S/C20H24N2O2S/c1-14-6-7-16-15-4-2-3-5-17(15)20(21-18(16)12-14)25-13-19(23)22-8-10-24-11-9-22/h6-7,12H,2-5,8-11,13H2,1H3. The number of carbonyl (C=O) groups excluding carboxylic acids is 1. The van der Waals surface area contributed by atoms with Gasteiger partial charge in [-0.15, -0.1) is 0 Å². The van der Waals surface area contributed by atoms with Gasteiger partial charge in [0.2, 0.25) is 5.91 Å². The molecule has 2 aromatic rings. The molecule has 5 heteroatoms. The summed E-state index contributed by atoms with van der Waals surface area (Å²) in [6, 6.07) is 6.56. The molecule has 4 rings (SSSR count). The SMILES string of the molecule is Cc1ccc2c3c(c(SCC(=O)N4CCOCC4)nc2c1)CCCC3. The van der Waals surface area contributed by atoms with Gasteiger partial charge < -0.3 is 9.64 Å². The van der Waals surface area contributed by atoms with Gasteiger partial charge in [0, 0.05) is 18.5 Å². The summed E-state index contributed by atoms with van der Waals surface area (Å²) in [6.45, 7) is 4.83. The van der Waals surface area contributed by atoms with Crippen LogP contribution in [0.1, 0.15) is 29.5 Å². The van der Waals surface area contributed by atoms with E-state index in [0.29, 0.717) is 32.1 Å². The van der Waals surface area contributed by atoms with Crippen LogP contribution >= 0.6 is 11.8 Å². The van der Waals surface area contributed by atoms with Crippen molar-refractivity contribution in [3.8, 4) is 0 Å². The number of hydrogen-bond donors (Lipinski definition) is 0. The Bertz CT molecular complexity index is 800. The van der Waals surface area contributed by atoms with Crippen LogP contribution in [0, 0.1) is 6.92 Å². The maximum Gasteiger partial charge on any atom is 0.233 e. The number of benzene rings is 1. The van der Waals surface area contributed by atoms with E-state index in [1.165, 1.54) is 34.9 Å². The van der Waals surface area contributed by atoms with Crippen LogP contribution in [-0.4, -0.2) is 47.8 Å². The minimum atomic E-state index is 0.198. The number of thioether (sulfide) groups is 1. The topological polar surface area (TPSA) is 42.4 Å². The number of rotatable bonds is 3. The first-order valence-electron chi connectivity index (χ1n) is 9.13. The average molecular weight is 356 g/mol. The smallest absolute Gasteiger partial charge is 0.233 e. The summed E-state index contributed by atoms with van der Waals surface area (Å²) in [7, 11) is 0. The Morgan fingerprint density at radius 3 is 2.76 bits per heavy atom. The van der Waals surface area contributed by atoms with Gasteiger partial charge in [-0.3, -0.25) is 4.79 Å².